The summed E-state index contributed by atoms with van der Waals surface area (Å²) >= 11 is 0. The van der Waals surface area contributed by atoms with Gasteiger partial charge in [0.25, 0.3) is 0 Å². The minimum Gasteiger partial charge on any atom is -0.481 e. The van der Waals surface area contributed by atoms with Gasteiger partial charge in [-0.3, -0.25) is 14.7 Å². The summed E-state index contributed by atoms with van der Waals surface area (Å²) in [6, 6.07) is 7.16. The van der Waals surface area contributed by atoms with Gasteiger partial charge in [-0.2, -0.15) is 10.4 Å². The lowest BCUT2D eigenvalue weighted by atomic mass is 10.0. The van der Waals surface area contributed by atoms with Gasteiger partial charge in [0.05, 0.1) is 5.52 Å². The van der Waals surface area contributed by atoms with E-state index in [1.54, 1.807) is 0 Å². The van der Waals surface area contributed by atoms with E-state index in [1.807, 2.05) is 6.07 Å². The molecule has 0 atom stereocenters. The molecule has 30 heavy (non-hydrogen) atoms. The number of carboxylic acid groups (broad SMARTS) is 1. The maximum Gasteiger partial charge on any atom is 0.303 e. The van der Waals surface area contributed by atoms with E-state index in [2.05, 4.69) is 15.5 Å². The van der Waals surface area contributed by atoms with Gasteiger partial charge < -0.3 is 10.4 Å². The second kappa shape index (κ2) is 8.53. The van der Waals surface area contributed by atoms with Gasteiger partial charge in [-0.25, -0.2) is 8.78 Å². The number of benzene rings is 2. The van der Waals surface area contributed by atoms with Gasteiger partial charge in [0.1, 0.15) is 17.7 Å². The van der Waals surface area contributed by atoms with E-state index in [4.69, 9.17) is 10.4 Å². The number of aliphatic carboxylic acids is 1. The molecule has 0 unspecified atom stereocenters. The second-order valence-electron chi connectivity index (χ2n) is 6.57. The fourth-order valence-corrected chi connectivity index (χ4v) is 2.87. The fraction of sp³-hybridized carbons (Fsp3) is 0.143. The van der Waals surface area contributed by atoms with Crippen molar-refractivity contribution >= 4 is 34.5 Å². The maximum absolute atomic E-state index is 14.3. The average molecular weight is 410 g/mol. The summed E-state index contributed by atoms with van der Waals surface area (Å²) in [5.41, 5.74) is 1.44. The average Bonchev–Trinajstić information content (AvgIpc) is 3.09. The molecule has 9 heteroatoms. The molecule has 152 valence electrons. The van der Waals surface area contributed by atoms with E-state index in [0.29, 0.717) is 16.5 Å². The SMILES string of the molecule is Cc1c(F)cc(CCC(=O)O)cc1NC(=O)C=Cc1cc2[nH]nc(C#N)c2cc1F. The largest absolute Gasteiger partial charge is 0.481 e. The third-order valence-electron chi connectivity index (χ3n) is 4.49. The van der Waals surface area contributed by atoms with Crippen LogP contribution in [0.15, 0.2) is 30.3 Å². The molecular weight excluding hydrogens is 394 g/mol. The van der Waals surface area contributed by atoms with E-state index in [-0.39, 0.29) is 35.3 Å². The lowest BCUT2D eigenvalue weighted by molar-refractivity contribution is -0.137. The van der Waals surface area contributed by atoms with Crippen molar-refractivity contribution in [2.45, 2.75) is 19.8 Å². The molecule has 3 N–H and O–H groups in total. The lowest BCUT2D eigenvalue weighted by Gasteiger charge is -2.10. The summed E-state index contributed by atoms with van der Waals surface area (Å²) < 4.78 is 28.4. The Morgan fingerprint density at radius 1 is 1.27 bits per heavy atom. The molecule has 7 nitrogen and oxygen atoms in total. The summed E-state index contributed by atoms with van der Waals surface area (Å²) in [5, 5.41) is 27.0. The highest BCUT2D eigenvalue weighted by molar-refractivity contribution is 6.02. The number of nitriles is 1. The van der Waals surface area contributed by atoms with Crippen molar-refractivity contribution < 1.29 is 23.5 Å². The van der Waals surface area contributed by atoms with Gasteiger partial charge in [0.2, 0.25) is 5.91 Å². The molecule has 0 fully saturated rings. The number of anilines is 1. The van der Waals surface area contributed by atoms with Crippen molar-refractivity contribution in [3.8, 4) is 6.07 Å². The van der Waals surface area contributed by atoms with Gasteiger partial charge in [-0.1, -0.05) is 0 Å². The molecule has 1 aromatic heterocycles. The Hall–Kier alpha value is -4.06. The van der Waals surface area contributed by atoms with Crippen LogP contribution in [0, 0.1) is 29.9 Å². The van der Waals surface area contributed by atoms with Gasteiger partial charge in [-0.15, -0.1) is 0 Å². The number of nitrogens with one attached hydrogen (secondary N) is 2. The maximum atomic E-state index is 14.3. The summed E-state index contributed by atoms with van der Waals surface area (Å²) in [6.07, 6.45) is 2.29. The number of fused-ring (bicyclic) bond motifs is 1. The first-order chi connectivity index (χ1) is 14.3. The molecule has 0 aliphatic rings. The number of hydrogen-bond acceptors (Lipinski definition) is 4. The molecule has 3 aromatic rings. The van der Waals surface area contributed by atoms with Crippen LogP contribution in [0.5, 0.6) is 0 Å². The number of aromatic amines is 1. The molecule has 0 bridgehead atoms. The predicted molar refractivity (Wildman–Crippen MR) is 106 cm³/mol. The molecule has 0 spiro atoms. The number of carbonyl (C=O) groups excluding carboxylic acids is 1. The van der Waals surface area contributed by atoms with Crippen molar-refractivity contribution in [3.05, 3.63) is 64.4 Å². The zero-order valence-corrected chi connectivity index (χ0v) is 15.8. The molecule has 0 saturated heterocycles. The minimum absolute atomic E-state index is 0.0671. The quantitative estimate of drug-likeness (QED) is 0.536. The number of carbonyl (C=O) groups is 2. The first-order valence-corrected chi connectivity index (χ1v) is 8.86. The third-order valence-corrected chi connectivity index (χ3v) is 4.49. The van der Waals surface area contributed by atoms with E-state index in [1.165, 1.54) is 31.2 Å². The predicted octanol–water partition coefficient (Wildman–Crippen LogP) is 3.69. The number of H-pyrrole nitrogens is 1. The Morgan fingerprint density at radius 2 is 2.03 bits per heavy atom. The Kier molecular flexibility index (Phi) is 5.88. The van der Waals surface area contributed by atoms with Crippen LogP contribution in [0.4, 0.5) is 14.5 Å². The van der Waals surface area contributed by atoms with Gasteiger partial charge in [0.15, 0.2) is 5.69 Å². The number of hydrogen-bond donors (Lipinski definition) is 3. The Morgan fingerprint density at radius 3 is 2.73 bits per heavy atom. The molecule has 3 rings (SSSR count). The number of aryl methyl sites for hydroxylation is 1. The third kappa shape index (κ3) is 4.50. The monoisotopic (exact) mass is 410 g/mol. The van der Waals surface area contributed by atoms with Crippen LogP contribution in [0.25, 0.3) is 17.0 Å². The van der Waals surface area contributed by atoms with E-state index < -0.39 is 23.5 Å². The van der Waals surface area contributed by atoms with Crippen LogP contribution < -0.4 is 5.32 Å². The van der Waals surface area contributed by atoms with Crippen LogP contribution in [-0.4, -0.2) is 27.2 Å². The van der Waals surface area contributed by atoms with Gasteiger partial charge in [0, 0.05) is 34.7 Å². The van der Waals surface area contributed by atoms with Crippen molar-refractivity contribution in [2.75, 3.05) is 5.32 Å². The molecular formula is C21H16F2N4O3. The molecule has 0 radical (unpaired) electrons. The standard InChI is InChI=1S/C21H16F2N4O3/c1-11-15(22)6-12(2-5-21(29)30)7-17(11)25-20(28)4-3-13-8-18-14(9-16(13)23)19(10-24)27-26-18/h3-4,6-9H,2,5H2,1H3,(H,25,28)(H,26,27)(H,29,30). The van der Waals surface area contributed by atoms with Crippen molar-refractivity contribution in [1.82, 2.24) is 10.2 Å². The van der Waals surface area contributed by atoms with E-state index in [0.717, 1.165) is 12.1 Å². The normalized spacial score (nSPS) is 11.0. The van der Waals surface area contributed by atoms with E-state index in [9.17, 15) is 18.4 Å². The van der Waals surface area contributed by atoms with Gasteiger partial charge in [-0.05, 0) is 49.2 Å². The first kappa shape index (κ1) is 20.7. The van der Waals surface area contributed by atoms with Crippen LogP contribution in [0.2, 0.25) is 0 Å². The molecule has 0 aliphatic carbocycles. The Labute approximate surface area is 169 Å². The molecule has 1 amide bonds. The number of aromatic nitrogens is 2. The van der Waals surface area contributed by atoms with Crippen LogP contribution in [0.1, 0.15) is 28.8 Å². The van der Waals surface area contributed by atoms with Crippen LogP contribution >= 0.6 is 0 Å². The summed E-state index contributed by atoms with van der Waals surface area (Å²) in [7, 11) is 0. The molecule has 0 aliphatic heterocycles. The van der Waals surface area contributed by atoms with Crippen molar-refractivity contribution in [1.29, 1.82) is 5.26 Å². The summed E-state index contributed by atoms with van der Waals surface area (Å²) in [5.74, 6) is -2.83. The van der Waals surface area contributed by atoms with Crippen LogP contribution in [-0.2, 0) is 16.0 Å². The number of nitrogens with zero attached hydrogens (tertiary/aromatic N) is 2. The highest BCUT2D eigenvalue weighted by atomic mass is 19.1. The summed E-state index contributed by atoms with van der Waals surface area (Å²) in [4.78, 5) is 23.0. The Bertz CT molecular complexity index is 1230. The number of halogens is 2. The number of rotatable bonds is 6. The highest BCUT2D eigenvalue weighted by Crippen LogP contribution is 2.23. The smallest absolute Gasteiger partial charge is 0.303 e. The number of amides is 1. The zero-order chi connectivity index (χ0) is 21.8. The van der Waals surface area contributed by atoms with Gasteiger partial charge >= 0.3 is 5.97 Å². The highest BCUT2D eigenvalue weighted by Gasteiger charge is 2.12. The molecule has 0 saturated carbocycles. The Balaban J connectivity index is 1.79. The fourth-order valence-electron chi connectivity index (χ4n) is 2.87. The topological polar surface area (TPSA) is 119 Å². The van der Waals surface area contributed by atoms with Crippen molar-refractivity contribution in [2.24, 2.45) is 0 Å². The second-order valence-corrected chi connectivity index (χ2v) is 6.57. The molecule has 1 heterocycles. The minimum atomic E-state index is -1.01. The molecule has 2 aromatic carbocycles. The van der Waals surface area contributed by atoms with E-state index >= 15 is 0 Å². The first-order valence-electron chi connectivity index (χ1n) is 8.86. The number of carboxylic acids is 1. The van der Waals surface area contributed by atoms with Crippen molar-refractivity contribution in [3.63, 3.8) is 0 Å². The zero-order valence-electron chi connectivity index (χ0n) is 15.8. The van der Waals surface area contributed by atoms with Crippen LogP contribution in [0.3, 0.4) is 0 Å². The lowest BCUT2D eigenvalue weighted by Crippen LogP contribution is -2.10. The summed E-state index contributed by atoms with van der Waals surface area (Å²) in [6.45, 7) is 1.48.